The molecule has 0 aromatic heterocycles. The summed E-state index contributed by atoms with van der Waals surface area (Å²) in [6.45, 7) is 1.35. The van der Waals surface area contributed by atoms with Crippen molar-refractivity contribution in [1.82, 2.24) is 0 Å². The van der Waals surface area contributed by atoms with E-state index < -0.39 is 35.0 Å². The second kappa shape index (κ2) is 5.56. The Morgan fingerprint density at radius 1 is 1.42 bits per heavy atom. The zero-order chi connectivity index (χ0) is 14.6. The van der Waals surface area contributed by atoms with Gasteiger partial charge in [0, 0.05) is 0 Å². The summed E-state index contributed by atoms with van der Waals surface area (Å²) in [4.78, 5) is 11.4. The van der Waals surface area contributed by atoms with Gasteiger partial charge in [0.25, 0.3) is 0 Å². The molecule has 0 aliphatic carbocycles. The third kappa shape index (κ3) is 3.58. The topological polar surface area (TPSA) is 59.3 Å². The first kappa shape index (κ1) is 14.8. The van der Waals surface area contributed by atoms with Crippen LogP contribution in [-0.4, -0.2) is 18.9 Å². The molecule has 0 heterocycles. The third-order valence-electron chi connectivity index (χ3n) is 1.93. The smallest absolute Gasteiger partial charge is 0.462 e. The summed E-state index contributed by atoms with van der Waals surface area (Å²) in [6.07, 6.45) is -5.17. The van der Waals surface area contributed by atoms with Gasteiger partial charge in [0.15, 0.2) is 5.75 Å². The number of alkyl halides is 3. The molecule has 1 aromatic carbocycles. The summed E-state index contributed by atoms with van der Waals surface area (Å²) in [7, 11) is 0. The Kier molecular flexibility index (Phi) is 4.32. The number of benzene rings is 1. The molecule has 8 heteroatoms. The van der Waals surface area contributed by atoms with Crippen LogP contribution in [0.25, 0.3) is 0 Å². The summed E-state index contributed by atoms with van der Waals surface area (Å²) >= 11 is 0. The van der Waals surface area contributed by atoms with E-state index in [0.29, 0.717) is 6.07 Å². The van der Waals surface area contributed by atoms with Crippen LogP contribution in [0.5, 0.6) is 5.75 Å². The van der Waals surface area contributed by atoms with Gasteiger partial charge in [-0.3, -0.25) is 0 Å². The molecule has 0 radical (unpaired) electrons. The molecule has 0 saturated heterocycles. The maximum atomic E-state index is 13.2. The Bertz CT molecular complexity index is 534. The molecular formula is C11H7F4NO3. The average Bonchev–Trinajstić information content (AvgIpc) is 2.27. The summed E-state index contributed by atoms with van der Waals surface area (Å²) in [5, 5.41) is 8.64. The van der Waals surface area contributed by atoms with Crippen molar-refractivity contribution in [2.45, 2.75) is 13.3 Å². The Morgan fingerprint density at radius 3 is 2.53 bits per heavy atom. The van der Waals surface area contributed by atoms with E-state index in [1.165, 1.54) is 13.0 Å². The van der Waals surface area contributed by atoms with E-state index in [0.717, 1.165) is 6.07 Å². The van der Waals surface area contributed by atoms with E-state index in [2.05, 4.69) is 9.47 Å². The fourth-order valence-corrected chi connectivity index (χ4v) is 1.25. The van der Waals surface area contributed by atoms with Gasteiger partial charge in [-0.15, -0.1) is 13.2 Å². The highest BCUT2D eigenvalue weighted by atomic mass is 19.4. The van der Waals surface area contributed by atoms with Crippen LogP contribution in [0.4, 0.5) is 17.6 Å². The van der Waals surface area contributed by atoms with Gasteiger partial charge in [0.2, 0.25) is 0 Å². The first-order valence-electron chi connectivity index (χ1n) is 4.95. The monoisotopic (exact) mass is 277 g/mol. The Labute approximate surface area is 105 Å². The van der Waals surface area contributed by atoms with Crippen LogP contribution in [0.3, 0.4) is 0 Å². The average molecular weight is 277 g/mol. The van der Waals surface area contributed by atoms with E-state index in [9.17, 15) is 22.4 Å². The van der Waals surface area contributed by atoms with Gasteiger partial charge in [-0.1, -0.05) is 0 Å². The van der Waals surface area contributed by atoms with E-state index in [-0.39, 0.29) is 6.61 Å². The van der Waals surface area contributed by atoms with E-state index in [1.54, 1.807) is 0 Å². The van der Waals surface area contributed by atoms with E-state index >= 15 is 0 Å². The van der Waals surface area contributed by atoms with E-state index in [1.807, 2.05) is 0 Å². The van der Waals surface area contributed by atoms with Crippen LogP contribution in [0.2, 0.25) is 0 Å². The van der Waals surface area contributed by atoms with Crippen LogP contribution in [0.15, 0.2) is 12.1 Å². The second-order valence-electron chi connectivity index (χ2n) is 3.18. The summed E-state index contributed by atoms with van der Waals surface area (Å²) in [6, 6.07) is 2.66. The van der Waals surface area contributed by atoms with Crippen molar-refractivity contribution in [2.24, 2.45) is 0 Å². The van der Waals surface area contributed by atoms with Crippen molar-refractivity contribution >= 4 is 5.97 Å². The van der Waals surface area contributed by atoms with Gasteiger partial charge in [-0.2, -0.15) is 5.26 Å². The summed E-state index contributed by atoms with van der Waals surface area (Å²) < 4.78 is 57.9. The number of nitriles is 1. The van der Waals surface area contributed by atoms with Crippen LogP contribution in [-0.2, 0) is 4.74 Å². The molecule has 0 spiro atoms. The number of rotatable bonds is 3. The summed E-state index contributed by atoms with van der Waals surface area (Å²) in [5.41, 5.74) is -1.68. The lowest BCUT2D eigenvalue weighted by atomic mass is 10.1. The molecule has 0 bridgehead atoms. The molecule has 0 aliphatic heterocycles. The lowest BCUT2D eigenvalue weighted by Gasteiger charge is -2.14. The first-order valence-corrected chi connectivity index (χ1v) is 4.95. The number of nitrogens with zero attached hydrogens (tertiary/aromatic N) is 1. The number of esters is 1. The fraction of sp³-hybridized carbons (Fsp3) is 0.273. The van der Waals surface area contributed by atoms with Crippen LogP contribution in [0, 0.1) is 17.1 Å². The highest BCUT2D eigenvalue weighted by molar-refractivity contribution is 5.93. The minimum absolute atomic E-state index is 0.0937. The second-order valence-corrected chi connectivity index (χ2v) is 3.18. The first-order chi connectivity index (χ1) is 8.80. The molecule has 1 rings (SSSR count). The minimum Gasteiger partial charge on any atom is -0.462 e. The predicted octanol–water partition coefficient (Wildman–Crippen LogP) is 2.77. The molecule has 1 aromatic rings. The molecule has 0 N–H and O–H groups in total. The van der Waals surface area contributed by atoms with Gasteiger partial charge < -0.3 is 9.47 Å². The molecule has 4 nitrogen and oxygen atoms in total. The molecule has 0 fully saturated rings. The lowest BCUT2D eigenvalue weighted by Crippen LogP contribution is -2.21. The molecular weight excluding hydrogens is 270 g/mol. The van der Waals surface area contributed by atoms with Crippen molar-refractivity contribution in [2.75, 3.05) is 6.61 Å². The third-order valence-corrected chi connectivity index (χ3v) is 1.93. The number of hydrogen-bond donors (Lipinski definition) is 0. The van der Waals surface area contributed by atoms with Crippen LogP contribution < -0.4 is 4.74 Å². The van der Waals surface area contributed by atoms with Crippen molar-refractivity contribution < 1.29 is 31.8 Å². The van der Waals surface area contributed by atoms with Gasteiger partial charge in [0.05, 0.1) is 6.61 Å². The highest BCUT2D eigenvalue weighted by Crippen LogP contribution is 2.32. The maximum absolute atomic E-state index is 13.2. The molecule has 0 amide bonds. The van der Waals surface area contributed by atoms with Crippen molar-refractivity contribution in [1.29, 1.82) is 5.26 Å². The SMILES string of the molecule is CCOC(=O)c1ccc(F)c(C#N)c1OC(F)(F)F. The van der Waals surface area contributed by atoms with E-state index in [4.69, 9.17) is 5.26 Å². The van der Waals surface area contributed by atoms with Gasteiger partial charge in [0.1, 0.15) is 23.0 Å². The number of halogens is 4. The van der Waals surface area contributed by atoms with Crippen molar-refractivity contribution in [3.05, 3.63) is 29.1 Å². The predicted molar refractivity (Wildman–Crippen MR) is 53.8 cm³/mol. The number of hydrogen-bond acceptors (Lipinski definition) is 4. The van der Waals surface area contributed by atoms with Crippen LogP contribution in [0.1, 0.15) is 22.8 Å². The fourth-order valence-electron chi connectivity index (χ4n) is 1.25. The molecule has 0 unspecified atom stereocenters. The zero-order valence-electron chi connectivity index (χ0n) is 9.55. The molecule has 0 saturated carbocycles. The van der Waals surface area contributed by atoms with Crippen molar-refractivity contribution in [3.8, 4) is 11.8 Å². The molecule has 19 heavy (non-hydrogen) atoms. The Morgan fingerprint density at radius 2 is 2.05 bits per heavy atom. The zero-order valence-corrected chi connectivity index (χ0v) is 9.55. The standard InChI is InChI=1S/C11H7F4NO3/c1-2-18-10(17)6-3-4-8(12)7(5-16)9(6)19-11(13,14)15/h3-4H,2H2,1H3. The molecule has 0 aliphatic rings. The number of ether oxygens (including phenoxy) is 2. The number of carbonyl (C=O) groups is 1. The maximum Gasteiger partial charge on any atom is 0.573 e. The van der Waals surface area contributed by atoms with Crippen LogP contribution >= 0.6 is 0 Å². The molecule has 102 valence electrons. The number of carbonyl (C=O) groups excluding carboxylic acids is 1. The van der Waals surface area contributed by atoms with Crippen molar-refractivity contribution in [3.63, 3.8) is 0 Å². The molecule has 0 atom stereocenters. The summed E-state index contributed by atoms with van der Waals surface area (Å²) in [5.74, 6) is -3.57. The highest BCUT2D eigenvalue weighted by Gasteiger charge is 2.35. The minimum atomic E-state index is -5.17. The van der Waals surface area contributed by atoms with Gasteiger partial charge in [-0.25, -0.2) is 9.18 Å². The lowest BCUT2D eigenvalue weighted by molar-refractivity contribution is -0.274. The quantitative estimate of drug-likeness (QED) is 0.629. The normalized spacial score (nSPS) is 10.7. The Balaban J connectivity index is 3.39. The Hall–Kier alpha value is -2.30. The van der Waals surface area contributed by atoms with Gasteiger partial charge in [-0.05, 0) is 19.1 Å². The van der Waals surface area contributed by atoms with Gasteiger partial charge >= 0.3 is 12.3 Å². The largest absolute Gasteiger partial charge is 0.573 e.